The van der Waals surface area contributed by atoms with Gasteiger partial charge in [0.15, 0.2) is 17.2 Å². The van der Waals surface area contributed by atoms with Gasteiger partial charge in [0.1, 0.15) is 23.9 Å². The molecule has 1 unspecified atom stereocenters. The molecule has 2 aromatic carbocycles. The van der Waals surface area contributed by atoms with Crippen molar-refractivity contribution in [3.05, 3.63) is 35.9 Å². The van der Waals surface area contributed by atoms with Gasteiger partial charge in [0.25, 0.3) is 0 Å². The second kappa shape index (κ2) is 6.31. The molecule has 0 radical (unpaired) electrons. The average Bonchev–Trinajstić information content (AvgIpc) is 2.46. The lowest BCUT2D eigenvalue weighted by atomic mass is 10.0. The number of hydrogen-bond acceptors (Lipinski definition) is 7. The fraction of sp³-hybridized carbons (Fsp3) is 0.200. The summed E-state index contributed by atoms with van der Waals surface area (Å²) in [6, 6.07) is 6.68. The molecule has 118 valence electrons. The largest absolute Gasteiger partial charge is 0.508 e. The van der Waals surface area contributed by atoms with E-state index in [0.717, 1.165) is 0 Å². The van der Waals surface area contributed by atoms with Gasteiger partial charge in [-0.1, -0.05) is 6.07 Å². The van der Waals surface area contributed by atoms with Crippen LogP contribution < -0.4 is 4.74 Å². The van der Waals surface area contributed by atoms with E-state index in [0.29, 0.717) is 17.7 Å². The molecule has 0 spiro atoms. The Morgan fingerprint density at radius 1 is 0.909 bits per heavy atom. The number of aromatic hydroxyl groups is 5. The lowest BCUT2D eigenvalue weighted by Gasteiger charge is -2.22. The highest BCUT2D eigenvalue weighted by molar-refractivity contribution is 5.50. The number of benzene rings is 2. The Labute approximate surface area is 125 Å². The SMILES string of the molecule is Oc1cc(O)c2c(c1)OCC(O)C2.Oc1cccc(O)c1O. The van der Waals surface area contributed by atoms with Crippen LogP contribution in [0.1, 0.15) is 5.56 Å². The summed E-state index contributed by atoms with van der Waals surface area (Å²) in [5.41, 5.74) is 0.552. The van der Waals surface area contributed by atoms with Crippen LogP contribution in [0, 0.1) is 0 Å². The average molecular weight is 308 g/mol. The van der Waals surface area contributed by atoms with Crippen LogP contribution in [0.25, 0.3) is 0 Å². The van der Waals surface area contributed by atoms with Gasteiger partial charge in [-0.2, -0.15) is 0 Å². The Hall–Kier alpha value is -2.80. The number of hydrogen-bond donors (Lipinski definition) is 6. The summed E-state index contributed by atoms with van der Waals surface area (Å²) in [4.78, 5) is 0. The number of ether oxygens (including phenoxy) is 1. The summed E-state index contributed by atoms with van der Waals surface area (Å²) in [5.74, 6) is -0.716. The molecule has 0 amide bonds. The van der Waals surface area contributed by atoms with E-state index < -0.39 is 11.9 Å². The standard InChI is InChI=1S/C9H10O4.C6H6O3/c10-5-2-8(12)7-1-6(11)4-13-9(7)3-5;7-4-2-1-3-5(8)6(4)9/h2-3,6,10-12H,1,4H2;1-3,7-9H. The van der Waals surface area contributed by atoms with Crippen LogP contribution in [0.3, 0.4) is 0 Å². The number of para-hydroxylation sites is 1. The Kier molecular flexibility index (Phi) is 4.47. The van der Waals surface area contributed by atoms with E-state index in [1.54, 1.807) is 0 Å². The van der Waals surface area contributed by atoms with Gasteiger partial charge in [0.2, 0.25) is 0 Å². The van der Waals surface area contributed by atoms with Crippen LogP contribution in [-0.2, 0) is 6.42 Å². The fourth-order valence-electron chi connectivity index (χ4n) is 1.95. The van der Waals surface area contributed by atoms with Crippen LogP contribution in [0.4, 0.5) is 0 Å². The lowest BCUT2D eigenvalue weighted by Crippen LogP contribution is -2.25. The Morgan fingerprint density at radius 3 is 2.14 bits per heavy atom. The Bertz CT molecular complexity index is 649. The number of aliphatic hydroxyl groups excluding tert-OH is 1. The predicted molar refractivity (Wildman–Crippen MR) is 76.4 cm³/mol. The quantitative estimate of drug-likeness (QED) is 0.403. The molecular weight excluding hydrogens is 292 g/mol. The maximum absolute atomic E-state index is 9.40. The van der Waals surface area contributed by atoms with Crippen molar-refractivity contribution in [2.45, 2.75) is 12.5 Å². The number of rotatable bonds is 0. The molecule has 6 N–H and O–H groups in total. The topological polar surface area (TPSA) is 131 Å². The summed E-state index contributed by atoms with van der Waals surface area (Å²) in [5, 5.41) is 53.9. The molecule has 1 heterocycles. The van der Waals surface area contributed by atoms with Gasteiger partial charge in [0, 0.05) is 24.1 Å². The van der Waals surface area contributed by atoms with Gasteiger partial charge in [0.05, 0.1) is 6.10 Å². The maximum Gasteiger partial charge on any atom is 0.200 e. The maximum atomic E-state index is 9.40. The van der Waals surface area contributed by atoms with Crippen molar-refractivity contribution in [3.63, 3.8) is 0 Å². The normalized spacial score (nSPS) is 16.0. The zero-order valence-corrected chi connectivity index (χ0v) is 11.5. The summed E-state index contributed by atoms with van der Waals surface area (Å²) >= 11 is 0. The van der Waals surface area contributed by atoms with Crippen molar-refractivity contribution in [2.24, 2.45) is 0 Å². The molecule has 7 nitrogen and oxygen atoms in total. The molecule has 1 atom stereocenters. The fourth-order valence-corrected chi connectivity index (χ4v) is 1.95. The van der Waals surface area contributed by atoms with Crippen LogP contribution >= 0.6 is 0 Å². The minimum absolute atomic E-state index is 0.0336. The third kappa shape index (κ3) is 3.44. The van der Waals surface area contributed by atoms with E-state index >= 15 is 0 Å². The van der Waals surface area contributed by atoms with Crippen LogP contribution in [0.15, 0.2) is 30.3 Å². The van der Waals surface area contributed by atoms with E-state index in [-0.39, 0.29) is 29.6 Å². The van der Waals surface area contributed by atoms with Gasteiger partial charge < -0.3 is 35.4 Å². The molecule has 0 saturated heterocycles. The third-order valence-electron chi connectivity index (χ3n) is 3.03. The van der Waals surface area contributed by atoms with Crippen molar-refractivity contribution in [1.82, 2.24) is 0 Å². The molecule has 0 aliphatic carbocycles. The Balaban J connectivity index is 0.000000172. The minimum Gasteiger partial charge on any atom is -0.508 e. The summed E-state index contributed by atoms with van der Waals surface area (Å²) in [6.45, 7) is 0.204. The highest BCUT2D eigenvalue weighted by atomic mass is 16.5. The molecule has 7 heteroatoms. The zero-order valence-electron chi connectivity index (χ0n) is 11.5. The molecule has 1 aliphatic heterocycles. The first-order valence-electron chi connectivity index (χ1n) is 6.44. The summed E-state index contributed by atoms with van der Waals surface area (Å²) in [6.07, 6.45) is -0.218. The highest BCUT2D eigenvalue weighted by Gasteiger charge is 2.21. The molecule has 2 aromatic rings. The van der Waals surface area contributed by atoms with Gasteiger partial charge in [-0.3, -0.25) is 0 Å². The first-order valence-corrected chi connectivity index (χ1v) is 6.44. The molecule has 0 fully saturated rings. The summed E-state index contributed by atoms with van der Waals surface area (Å²) < 4.78 is 5.13. The van der Waals surface area contributed by atoms with Crippen LogP contribution in [-0.4, -0.2) is 43.4 Å². The van der Waals surface area contributed by atoms with Crippen molar-refractivity contribution in [2.75, 3.05) is 6.61 Å². The second-order valence-electron chi connectivity index (χ2n) is 4.76. The minimum atomic E-state index is -0.581. The van der Waals surface area contributed by atoms with Gasteiger partial charge in [-0.25, -0.2) is 0 Å². The van der Waals surface area contributed by atoms with E-state index in [1.165, 1.54) is 30.3 Å². The van der Waals surface area contributed by atoms with Crippen molar-refractivity contribution in [3.8, 4) is 34.5 Å². The molecule has 3 rings (SSSR count). The number of phenols is 5. The molecule has 0 bridgehead atoms. The smallest absolute Gasteiger partial charge is 0.200 e. The number of aliphatic hydroxyl groups is 1. The van der Waals surface area contributed by atoms with Crippen molar-refractivity contribution >= 4 is 0 Å². The number of fused-ring (bicyclic) bond motifs is 1. The van der Waals surface area contributed by atoms with Gasteiger partial charge in [-0.05, 0) is 12.1 Å². The van der Waals surface area contributed by atoms with Crippen LogP contribution in [0.5, 0.6) is 34.5 Å². The third-order valence-corrected chi connectivity index (χ3v) is 3.03. The lowest BCUT2D eigenvalue weighted by molar-refractivity contribution is 0.0906. The van der Waals surface area contributed by atoms with Crippen molar-refractivity contribution in [1.29, 1.82) is 0 Å². The van der Waals surface area contributed by atoms with Gasteiger partial charge in [-0.15, -0.1) is 0 Å². The molecule has 1 aliphatic rings. The number of phenolic OH excluding ortho intramolecular Hbond substituents is 5. The summed E-state index contributed by atoms with van der Waals surface area (Å²) in [7, 11) is 0. The van der Waals surface area contributed by atoms with E-state index in [4.69, 9.17) is 25.2 Å². The monoisotopic (exact) mass is 308 g/mol. The van der Waals surface area contributed by atoms with E-state index in [1.807, 2.05) is 0 Å². The molecule has 0 aromatic heterocycles. The predicted octanol–water partition coefficient (Wildman–Crippen LogP) is 1.20. The first kappa shape index (κ1) is 15.6. The van der Waals surface area contributed by atoms with E-state index in [9.17, 15) is 10.2 Å². The molecular formula is C15H16O7. The highest BCUT2D eigenvalue weighted by Crippen LogP contribution is 2.36. The van der Waals surface area contributed by atoms with Crippen LogP contribution in [0.2, 0.25) is 0 Å². The van der Waals surface area contributed by atoms with Crippen molar-refractivity contribution < 1.29 is 35.4 Å². The van der Waals surface area contributed by atoms with E-state index in [2.05, 4.69) is 0 Å². The second-order valence-corrected chi connectivity index (χ2v) is 4.76. The first-order chi connectivity index (χ1) is 10.4. The molecule has 22 heavy (non-hydrogen) atoms. The van der Waals surface area contributed by atoms with Gasteiger partial charge >= 0.3 is 0 Å². The Morgan fingerprint density at radius 2 is 1.55 bits per heavy atom. The molecule has 0 saturated carbocycles. The zero-order chi connectivity index (χ0) is 16.3.